The molecule has 0 aliphatic carbocycles. The maximum absolute atomic E-state index is 12.2. The van der Waals surface area contributed by atoms with Crippen LogP contribution in [0.3, 0.4) is 0 Å². The number of aliphatic carboxylic acids is 1. The fourth-order valence-electron chi connectivity index (χ4n) is 6.73. The average Bonchev–Trinajstić information content (AvgIpc) is 3.08. The summed E-state index contributed by atoms with van der Waals surface area (Å²) < 4.78 is 5.34. The van der Waals surface area contributed by atoms with Gasteiger partial charge in [0.25, 0.3) is 0 Å². The van der Waals surface area contributed by atoms with Crippen molar-refractivity contribution >= 4 is 11.9 Å². The van der Waals surface area contributed by atoms with Crippen LogP contribution in [0.5, 0.6) is 0 Å². The smallest absolute Gasteiger partial charge is 0.345 e. The standard InChI is InChI=1S/C44H84O4/c1-3-5-7-9-11-13-15-17-19-21-22-23-24-25-27-29-31-33-35-37-39-41-43(45)48-42(44(46)47)40-38-36-34-32-30-28-26-20-18-16-14-12-10-8-6-4-2/h17,19,42H,3-16,18,20-41H2,1-2H3,(H,46,47)/b19-17-. The second-order valence-corrected chi connectivity index (χ2v) is 14.9. The summed E-state index contributed by atoms with van der Waals surface area (Å²) in [5.74, 6) is -1.34. The van der Waals surface area contributed by atoms with Crippen molar-refractivity contribution in [2.45, 2.75) is 258 Å². The first kappa shape index (κ1) is 46.7. The molecule has 0 aliphatic heterocycles. The van der Waals surface area contributed by atoms with Crippen LogP contribution in [0.1, 0.15) is 251 Å². The molecule has 0 amide bonds. The van der Waals surface area contributed by atoms with Gasteiger partial charge in [0.1, 0.15) is 0 Å². The van der Waals surface area contributed by atoms with Crippen molar-refractivity contribution in [2.24, 2.45) is 0 Å². The van der Waals surface area contributed by atoms with Gasteiger partial charge in [0.15, 0.2) is 6.10 Å². The number of hydrogen-bond acceptors (Lipinski definition) is 3. The van der Waals surface area contributed by atoms with Gasteiger partial charge in [-0.15, -0.1) is 0 Å². The van der Waals surface area contributed by atoms with E-state index in [1.54, 1.807) is 0 Å². The highest BCUT2D eigenvalue weighted by molar-refractivity contribution is 5.77. The van der Waals surface area contributed by atoms with Crippen LogP contribution in [-0.4, -0.2) is 23.1 Å². The molecule has 0 aromatic carbocycles. The van der Waals surface area contributed by atoms with E-state index >= 15 is 0 Å². The van der Waals surface area contributed by atoms with Crippen molar-refractivity contribution in [3.8, 4) is 0 Å². The van der Waals surface area contributed by atoms with Crippen molar-refractivity contribution in [2.75, 3.05) is 0 Å². The molecule has 0 aromatic heterocycles. The number of rotatable bonds is 40. The van der Waals surface area contributed by atoms with E-state index < -0.39 is 12.1 Å². The minimum Gasteiger partial charge on any atom is -0.479 e. The Labute approximate surface area is 300 Å². The Hall–Kier alpha value is -1.32. The van der Waals surface area contributed by atoms with E-state index in [9.17, 15) is 14.7 Å². The number of ether oxygens (including phenoxy) is 1. The first-order valence-electron chi connectivity index (χ1n) is 21.7. The molecule has 0 radical (unpaired) electrons. The Morgan fingerprint density at radius 2 is 0.729 bits per heavy atom. The Kier molecular flexibility index (Phi) is 39.0. The van der Waals surface area contributed by atoms with Gasteiger partial charge in [-0.2, -0.15) is 0 Å². The van der Waals surface area contributed by atoms with Crippen LogP contribution in [0.2, 0.25) is 0 Å². The maximum atomic E-state index is 12.2. The fraction of sp³-hybridized carbons (Fsp3) is 0.909. The molecule has 0 aliphatic rings. The lowest BCUT2D eigenvalue weighted by Gasteiger charge is -2.13. The topological polar surface area (TPSA) is 63.6 Å². The largest absolute Gasteiger partial charge is 0.479 e. The third-order valence-corrected chi connectivity index (χ3v) is 10.0. The number of carboxylic acid groups (broad SMARTS) is 1. The molecule has 284 valence electrons. The van der Waals surface area contributed by atoms with E-state index in [-0.39, 0.29) is 5.97 Å². The molecule has 0 saturated heterocycles. The molecule has 0 heterocycles. The molecule has 4 nitrogen and oxygen atoms in total. The summed E-state index contributed by atoms with van der Waals surface area (Å²) in [5, 5.41) is 9.51. The Morgan fingerprint density at radius 3 is 1.06 bits per heavy atom. The van der Waals surface area contributed by atoms with Crippen molar-refractivity contribution < 1.29 is 19.4 Å². The minimum atomic E-state index is -1.00. The SMILES string of the molecule is CCCCCCCC/C=C\CCCCCCCCCCCCCC(=O)OC(CCCCCCCCCCCCCCCCCC)C(=O)O. The molecule has 48 heavy (non-hydrogen) atoms. The summed E-state index contributed by atoms with van der Waals surface area (Å²) in [7, 11) is 0. The second-order valence-electron chi connectivity index (χ2n) is 14.9. The third-order valence-electron chi connectivity index (χ3n) is 10.0. The monoisotopic (exact) mass is 677 g/mol. The molecule has 0 spiro atoms. The lowest BCUT2D eigenvalue weighted by atomic mass is 10.0. The zero-order valence-corrected chi connectivity index (χ0v) is 32.6. The zero-order chi connectivity index (χ0) is 35.0. The summed E-state index contributed by atoms with van der Waals surface area (Å²) in [6.45, 7) is 4.55. The van der Waals surface area contributed by atoms with Gasteiger partial charge in [-0.05, 0) is 44.9 Å². The Morgan fingerprint density at radius 1 is 0.438 bits per heavy atom. The number of esters is 1. The molecule has 4 heteroatoms. The van der Waals surface area contributed by atoms with Gasteiger partial charge in [-0.25, -0.2) is 4.79 Å². The first-order chi connectivity index (χ1) is 23.6. The van der Waals surface area contributed by atoms with Crippen molar-refractivity contribution in [3.63, 3.8) is 0 Å². The summed E-state index contributed by atoms with van der Waals surface area (Å²) in [6, 6.07) is 0. The molecule has 1 N–H and O–H groups in total. The van der Waals surface area contributed by atoms with Crippen molar-refractivity contribution in [1.82, 2.24) is 0 Å². The van der Waals surface area contributed by atoms with Crippen LogP contribution in [0, 0.1) is 0 Å². The second kappa shape index (κ2) is 40.1. The molecule has 0 saturated carbocycles. The molecule has 0 fully saturated rings. The van der Waals surface area contributed by atoms with Gasteiger partial charge in [0, 0.05) is 6.42 Å². The quantitative estimate of drug-likeness (QED) is 0.0398. The number of hydrogen-bond donors (Lipinski definition) is 1. The van der Waals surface area contributed by atoms with Crippen molar-refractivity contribution in [1.29, 1.82) is 0 Å². The highest BCUT2D eigenvalue weighted by Crippen LogP contribution is 2.17. The molecular formula is C44H84O4. The first-order valence-corrected chi connectivity index (χ1v) is 21.7. The number of carboxylic acids is 1. The molecule has 0 bridgehead atoms. The fourth-order valence-corrected chi connectivity index (χ4v) is 6.73. The van der Waals surface area contributed by atoms with Crippen LogP contribution in [0.4, 0.5) is 0 Å². The number of carbonyl (C=O) groups excluding carboxylic acids is 1. The van der Waals surface area contributed by atoms with Crippen LogP contribution in [0.25, 0.3) is 0 Å². The number of carbonyl (C=O) groups is 2. The Balaban J connectivity index is 3.48. The van der Waals surface area contributed by atoms with E-state index in [0.717, 1.165) is 38.5 Å². The van der Waals surface area contributed by atoms with E-state index in [2.05, 4.69) is 26.0 Å². The molecule has 0 aromatic rings. The van der Waals surface area contributed by atoms with E-state index in [1.165, 1.54) is 186 Å². The predicted molar refractivity (Wildman–Crippen MR) is 209 cm³/mol. The molecule has 1 atom stereocenters. The molecule has 0 rings (SSSR count). The minimum absolute atomic E-state index is 0.341. The predicted octanol–water partition coefficient (Wildman–Crippen LogP) is 15.0. The summed E-state index contributed by atoms with van der Waals surface area (Å²) in [4.78, 5) is 23.9. The highest BCUT2D eigenvalue weighted by atomic mass is 16.6. The third kappa shape index (κ3) is 37.5. The maximum Gasteiger partial charge on any atom is 0.345 e. The van der Waals surface area contributed by atoms with Crippen molar-refractivity contribution in [3.05, 3.63) is 12.2 Å². The normalized spacial score (nSPS) is 12.2. The summed E-state index contributed by atoms with van der Waals surface area (Å²) in [6.07, 6.45) is 49.7. The van der Waals surface area contributed by atoms with Crippen LogP contribution in [0.15, 0.2) is 12.2 Å². The lowest BCUT2D eigenvalue weighted by Crippen LogP contribution is -2.27. The molecule has 1 unspecified atom stereocenters. The van der Waals surface area contributed by atoms with Gasteiger partial charge < -0.3 is 9.84 Å². The van der Waals surface area contributed by atoms with E-state index in [0.29, 0.717) is 12.8 Å². The van der Waals surface area contributed by atoms with Gasteiger partial charge in [0.05, 0.1) is 0 Å². The number of unbranched alkanes of at least 4 members (excludes halogenated alkanes) is 32. The van der Waals surface area contributed by atoms with Gasteiger partial charge >= 0.3 is 11.9 Å². The van der Waals surface area contributed by atoms with E-state index in [4.69, 9.17) is 4.74 Å². The summed E-state index contributed by atoms with van der Waals surface area (Å²) in [5.41, 5.74) is 0. The lowest BCUT2D eigenvalue weighted by molar-refractivity contribution is -0.164. The molecular weight excluding hydrogens is 592 g/mol. The number of allylic oxidation sites excluding steroid dienone is 2. The van der Waals surface area contributed by atoms with Gasteiger partial charge in [0.2, 0.25) is 0 Å². The van der Waals surface area contributed by atoms with Crippen LogP contribution >= 0.6 is 0 Å². The summed E-state index contributed by atoms with van der Waals surface area (Å²) >= 11 is 0. The van der Waals surface area contributed by atoms with Crippen LogP contribution < -0.4 is 0 Å². The van der Waals surface area contributed by atoms with Gasteiger partial charge in [-0.3, -0.25) is 4.79 Å². The van der Waals surface area contributed by atoms with E-state index in [1.807, 2.05) is 0 Å². The highest BCUT2D eigenvalue weighted by Gasteiger charge is 2.21. The van der Waals surface area contributed by atoms with Crippen LogP contribution in [-0.2, 0) is 14.3 Å². The van der Waals surface area contributed by atoms with Gasteiger partial charge in [-0.1, -0.05) is 212 Å². The Bertz CT molecular complexity index is 687. The zero-order valence-electron chi connectivity index (χ0n) is 32.6. The average molecular weight is 677 g/mol.